The van der Waals surface area contributed by atoms with Crippen LogP contribution in [0.4, 0.5) is 0 Å². The monoisotopic (exact) mass is 428 g/mol. The molecule has 1 aliphatic carbocycles. The molecule has 0 radical (unpaired) electrons. The van der Waals surface area contributed by atoms with Crippen molar-refractivity contribution in [1.82, 2.24) is 0 Å². The van der Waals surface area contributed by atoms with E-state index in [-0.39, 0.29) is 0 Å². The van der Waals surface area contributed by atoms with Gasteiger partial charge in [0.25, 0.3) is 0 Å². The van der Waals surface area contributed by atoms with Crippen LogP contribution in [0, 0.1) is 5.92 Å². The van der Waals surface area contributed by atoms with Gasteiger partial charge < -0.3 is 8.39 Å². The van der Waals surface area contributed by atoms with E-state index in [1.165, 1.54) is 53.6 Å². The Labute approximate surface area is 182 Å². The summed E-state index contributed by atoms with van der Waals surface area (Å²) < 4.78 is 19.1. The van der Waals surface area contributed by atoms with E-state index < -0.39 is 8.24 Å². The minimum absolute atomic E-state index is 0.610. The molecule has 4 heteroatoms. The molecule has 156 valence electrons. The summed E-state index contributed by atoms with van der Waals surface area (Å²) in [4.78, 5) is 0. The van der Waals surface area contributed by atoms with E-state index in [0.29, 0.717) is 12.5 Å². The lowest BCUT2D eigenvalue weighted by molar-refractivity contribution is 0.244. The van der Waals surface area contributed by atoms with Crippen molar-refractivity contribution >= 4 is 51.7 Å². The molecule has 0 unspecified atom stereocenters. The first-order chi connectivity index (χ1) is 15.4. The third kappa shape index (κ3) is 3.52. The maximum atomic E-state index is 6.41. The largest absolute Gasteiger partial charge is 0.399 e. The topological polar surface area (TPSA) is 35.5 Å². The molecule has 0 aliphatic heterocycles. The quantitative estimate of drug-likeness (QED) is 0.289. The molecule has 0 atom stereocenters. The molecule has 0 spiro atoms. The highest BCUT2D eigenvalue weighted by Crippen LogP contribution is 2.40. The van der Waals surface area contributed by atoms with Gasteiger partial charge in [0.05, 0.1) is 6.61 Å². The van der Waals surface area contributed by atoms with E-state index in [4.69, 9.17) is 12.9 Å². The van der Waals surface area contributed by atoms with Crippen LogP contribution >= 0.6 is 8.24 Å². The van der Waals surface area contributed by atoms with E-state index in [1.807, 2.05) is 0 Å². The highest BCUT2D eigenvalue weighted by molar-refractivity contribution is 7.31. The fourth-order valence-electron chi connectivity index (χ4n) is 4.92. The van der Waals surface area contributed by atoms with Gasteiger partial charge in [0.2, 0.25) is 0 Å². The Hall–Kier alpha value is -2.74. The third-order valence-corrected chi connectivity index (χ3v) is 7.57. The highest BCUT2D eigenvalue weighted by atomic mass is 31.1. The van der Waals surface area contributed by atoms with E-state index in [1.54, 1.807) is 0 Å². The summed E-state index contributed by atoms with van der Waals surface area (Å²) in [5.74, 6) is 0.610. The molecule has 3 nitrogen and oxygen atoms in total. The van der Waals surface area contributed by atoms with Crippen LogP contribution in [0.1, 0.15) is 32.1 Å². The SMILES string of the molecule is c1ccc2c(c1)ccc1op(OCC3CCCCC3)oc3ccc4ccccc4c3c12. The molecular weight excluding hydrogens is 403 g/mol. The molecule has 1 heterocycles. The van der Waals surface area contributed by atoms with Gasteiger partial charge in [-0.1, -0.05) is 79.9 Å². The summed E-state index contributed by atoms with van der Waals surface area (Å²) in [6.07, 6.45) is 6.44. The van der Waals surface area contributed by atoms with Crippen molar-refractivity contribution in [1.29, 1.82) is 0 Å². The summed E-state index contributed by atoms with van der Waals surface area (Å²) >= 11 is 0. The fourth-order valence-corrected chi connectivity index (χ4v) is 6.02. The van der Waals surface area contributed by atoms with Crippen LogP contribution in [0.5, 0.6) is 0 Å². The maximum Gasteiger partial charge on any atom is 0.387 e. The van der Waals surface area contributed by atoms with Gasteiger partial charge in [-0.3, -0.25) is 4.52 Å². The van der Waals surface area contributed by atoms with Crippen molar-refractivity contribution in [2.75, 3.05) is 6.61 Å². The molecule has 1 aliphatic rings. The molecule has 31 heavy (non-hydrogen) atoms. The van der Waals surface area contributed by atoms with Crippen molar-refractivity contribution in [3.63, 3.8) is 0 Å². The number of fused-ring (bicyclic) bond motifs is 7. The smallest absolute Gasteiger partial charge is 0.387 e. The molecule has 0 saturated heterocycles. The summed E-state index contributed by atoms with van der Waals surface area (Å²) in [7, 11) is -1.51. The van der Waals surface area contributed by atoms with E-state index in [0.717, 1.165) is 21.9 Å². The van der Waals surface area contributed by atoms with Gasteiger partial charge in [0, 0.05) is 10.8 Å². The Kier molecular flexibility index (Phi) is 4.94. The molecule has 0 bridgehead atoms. The van der Waals surface area contributed by atoms with Crippen LogP contribution < -0.4 is 4.52 Å². The minimum Gasteiger partial charge on any atom is -0.399 e. The van der Waals surface area contributed by atoms with Gasteiger partial charge >= 0.3 is 8.24 Å². The van der Waals surface area contributed by atoms with Crippen molar-refractivity contribution in [2.24, 2.45) is 5.92 Å². The first-order valence-corrected chi connectivity index (χ1v) is 12.3. The van der Waals surface area contributed by atoms with Gasteiger partial charge in [-0.05, 0) is 52.4 Å². The Morgan fingerprint density at radius 1 is 0.677 bits per heavy atom. The molecule has 6 rings (SSSR count). The van der Waals surface area contributed by atoms with Crippen LogP contribution in [-0.4, -0.2) is 6.61 Å². The second kappa shape index (κ2) is 8.07. The van der Waals surface area contributed by atoms with E-state index >= 15 is 0 Å². The molecule has 4 aromatic carbocycles. The van der Waals surface area contributed by atoms with Gasteiger partial charge in [0.1, 0.15) is 11.2 Å². The maximum absolute atomic E-state index is 6.41. The molecule has 1 aromatic heterocycles. The zero-order valence-corrected chi connectivity index (χ0v) is 18.3. The van der Waals surface area contributed by atoms with Crippen LogP contribution in [0.25, 0.3) is 43.5 Å². The predicted octanol–water partition coefficient (Wildman–Crippen LogP) is 8.61. The van der Waals surface area contributed by atoms with Gasteiger partial charge in [-0.2, -0.15) is 0 Å². The summed E-state index contributed by atoms with van der Waals surface area (Å²) in [5.41, 5.74) is 1.67. The second-order valence-corrected chi connectivity index (χ2v) is 9.60. The van der Waals surface area contributed by atoms with Crippen molar-refractivity contribution in [3.05, 3.63) is 72.8 Å². The molecule has 0 N–H and O–H groups in total. The normalized spacial score (nSPS) is 15.2. The number of hydrogen-bond donors (Lipinski definition) is 0. The highest BCUT2D eigenvalue weighted by Gasteiger charge is 2.17. The third-order valence-electron chi connectivity index (χ3n) is 6.52. The van der Waals surface area contributed by atoms with Crippen LogP contribution in [-0.2, 0) is 0 Å². The van der Waals surface area contributed by atoms with Crippen molar-refractivity contribution in [3.8, 4) is 0 Å². The zero-order valence-electron chi connectivity index (χ0n) is 17.4. The second-order valence-electron chi connectivity index (χ2n) is 8.53. The number of rotatable bonds is 3. The van der Waals surface area contributed by atoms with E-state index in [9.17, 15) is 0 Å². The lowest BCUT2D eigenvalue weighted by atomic mass is 9.90. The van der Waals surface area contributed by atoms with E-state index in [2.05, 4.69) is 72.8 Å². The van der Waals surface area contributed by atoms with Crippen LogP contribution in [0.2, 0.25) is 0 Å². The van der Waals surface area contributed by atoms with Crippen molar-refractivity contribution in [2.45, 2.75) is 32.1 Å². The summed E-state index contributed by atoms with van der Waals surface area (Å²) in [6.45, 7) is 0.706. The minimum atomic E-state index is -1.51. The Balaban J connectivity index is 1.64. The Bertz CT molecular complexity index is 1330. The molecular formula is C27H25O3P. The molecule has 1 fully saturated rings. The lowest BCUT2D eigenvalue weighted by Gasteiger charge is -2.20. The summed E-state index contributed by atoms with van der Waals surface area (Å²) in [5, 5.41) is 6.92. The number of benzene rings is 4. The average molecular weight is 428 g/mol. The molecule has 1 saturated carbocycles. The first-order valence-electron chi connectivity index (χ1n) is 11.2. The van der Waals surface area contributed by atoms with Crippen LogP contribution in [0.15, 0.2) is 81.2 Å². The Morgan fingerprint density at radius 3 is 1.81 bits per heavy atom. The zero-order chi connectivity index (χ0) is 20.6. The Morgan fingerprint density at radius 2 is 1.23 bits per heavy atom. The lowest BCUT2D eigenvalue weighted by Crippen LogP contribution is -2.14. The fraction of sp³-hybridized carbons (Fsp3) is 0.259. The van der Waals surface area contributed by atoms with Crippen molar-refractivity contribution < 1.29 is 12.9 Å². The standard InChI is InChI=1S/C27H25O3P/c1-2-8-19(9-3-1)18-28-31-29-24-16-14-20-10-4-6-12-22(20)26(24)27-23-13-7-5-11-21(23)15-17-25(27)30-31/h4-7,10-17,19H,1-3,8-9,18H2. The molecule has 5 aromatic rings. The molecule has 0 amide bonds. The predicted molar refractivity (Wildman–Crippen MR) is 129 cm³/mol. The average Bonchev–Trinajstić information content (AvgIpc) is 3.00. The van der Waals surface area contributed by atoms with Gasteiger partial charge in [-0.15, -0.1) is 0 Å². The number of hydrogen-bond acceptors (Lipinski definition) is 3. The van der Waals surface area contributed by atoms with Gasteiger partial charge in [0.15, 0.2) is 0 Å². The first kappa shape index (κ1) is 19.0. The summed E-state index contributed by atoms with van der Waals surface area (Å²) in [6, 6.07) is 25.3. The van der Waals surface area contributed by atoms with Gasteiger partial charge in [-0.25, -0.2) is 0 Å². The van der Waals surface area contributed by atoms with Crippen LogP contribution in [0.3, 0.4) is 0 Å².